The molecule has 122 valence electrons. The number of benzene rings is 1. The summed E-state index contributed by atoms with van der Waals surface area (Å²) in [6.07, 6.45) is 1.36. The SMILES string of the molecule is O=C(Cc1cccs1)N1CCC(Oc2ccc3ccccc3n2)C1. The van der Waals surface area contributed by atoms with Gasteiger partial charge >= 0.3 is 0 Å². The number of pyridine rings is 1. The molecule has 4 nitrogen and oxygen atoms in total. The maximum Gasteiger partial charge on any atom is 0.227 e. The van der Waals surface area contributed by atoms with Gasteiger partial charge in [-0.2, -0.15) is 0 Å². The monoisotopic (exact) mass is 338 g/mol. The molecule has 24 heavy (non-hydrogen) atoms. The van der Waals surface area contributed by atoms with Gasteiger partial charge in [-0.1, -0.05) is 24.3 Å². The lowest BCUT2D eigenvalue weighted by atomic mass is 10.2. The van der Waals surface area contributed by atoms with Gasteiger partial charge in [-0.15, -0.1) is 11.3 Å². The van der Waals surface area contributed by atoms with Crippen LogP contribution in [-0.2, 0) is 11.2 Å². The summed E-state index contributed by atoms with van der Waals surface area (Å²) >= 11 is 1.63. The fourth-order valence-corrected chi connectivity index (χ4v) is 3.70. The minimum atomic E-state index is 0.0194. The number of fused-ring (bicyclic) bond motifs is 1. The third-order valence-corrected chi connectivity index (χ3v) is 5.14. The van der Waals surface area contributed by atoms with Crippen molar-refractivity contribution in [2.75, 3.05) is 13.1 Å². The van der Waals surface area contributed by atoms with E-state index in [0.29, 0.717) is 18.8 Å². The van der Waals surface area contributed by atoms with Crippen LogP contribution in [0.3, 0.4) is 0 Å². The highest BCUT2D eigenvalue weighted by Crippen LogP contribution is 2.21. The van der Waals surface area contributed by atoms with Crippen LogP contribution in [0, 0.1) is 0 Å². The number of thiophene rings is 1. The predicted molar refractivity (Wildman–Crippen MR) is 95.4 cm³/mol. The van der Waals surface area contributed by atoms with Gasteiger partial charge in [-0.25, -0.2) is 4.98 Å². The van der Waals surface area contributed by atoms with Crippen LogP contribution in [0.2, 0.25) is 0 Å². The van der Waals surface area contributed by atoms with Crippen molar-refractivity contribution in [3.63, 3.8) is 0 Å². The summed E-state index contributed by atoms with van der Waals surface area (Å²) in [5.74, 6) is 0.807. The van der Waals surface area contributed by atoms with Crippen molar-refractivity contribution < 1.29 is 9.53 Å². The number of ether oxygens (including phenoxy) is 1. The lowest BCUT2D eigenvalue weighted by molar-refractivity contribution is -0.129. The maximum atomic E-state index is 12.3. The largest absolute Gasteiger partial charge is 0.472 e. The van der Waals surface area contributed by atoms with Gasteiger partial charge in [-0.3, -0.25) is 4.79 Å². The van der Waals surface area contributed by atoms with Crippen LogP contribution < -0.4 is 4.74 Å². The molecule has 1 amide bonds. The Hall–Kier alpha value is -2.40. The van der Waals surface area contributed by atoms with Crippen molar-refractivity contribution in [1.29, 1.82) is 0 Å². The number of hydrogen-bond acceptors (Lipinski definition) is 4. The van der Waals surface area contributed by atoms with Crippen molar-refractivity contribution in [1.82, 2.24) is 9.88 Å². The van der Waals surface area contributed by atoms with Crippen molar-refractivity contribution in [2.45, 2.75) is 18.9 Å². The molecule has 0 N–H and O–H groups in total. The molecule has 0 bridgehead atoms. The number of carbonyl (C=O) groups is 1. The zero-order valence-electron chi connectivity index (χ0n) is 13.2. The molecule has 4 rings (SSSR count). The molecule has 1 fully saturated rings. The lowest BCUT2D eigenvalue weighted by Crippen LogP contribution is -2.32. The molecule has 5 heteroatoms. The first kappa shape index (κ1) is 15.1. The van der Waals surface area contributed by atoms with E-state index in [1.54, 1.807) is 11.3 Å². The molecule has 1 aliphatic rings. The number of likely N-dealkylation sites (tertiary alicyclic amines) is 1. The Morgan fingerprint density at radius 3 is 3.00 bits per heavy atom. The Morgan fingerprint density at radius 2 is 2.12 bits per heavy atom. The normalized spacial score (nSPS) is 17.3. The first-order chi connectivity index (χ1) is 11.8. The minimum Gasteiger partial charge on any atom is -0.472 e. The molecule has 0 saturated carbocycles. The number of carbonyl (C=O) groups excluding carboxylic acids is 1. The van der Waals surface area contributed by atoms with Crippen molar-refractivity contribution >= 4 is 28.1 Å². The molecule has 0 spiro atoms. The summed E-state index contributed by atoms with van der Waals surface area (Å²) in [6.45, 7) is 1.39. The van der Waals surface area contributed by atoms with E-state index in [1.807, 2.05) is 58.8 Å². The average molecular weight is 338 g/mol. The number of aromatic nitrogens is 1. The van der Waals surface area contributed by atoms with Crippen LogP contribution >= 0.6 is 11.3 Å². The molecule has 1 atom stereocenters. The molecular weight excluding hydrogens is 320 g/mol. The molecule has 2 aromatic heterocycles. The highest BCUT2D eigenvalue weighted by Gasteiger charge is 2.28. The van der Waals surface area contributed by atoms with Crippen LogP contribution in [-0.4, -0.2) is 35.0 Å². The number of para-hydroxylation sites is 1. The molecule has 1 aromatic carbocycles. The second-order valence-electron chi connectivity index (χ2n) is 5.97. The first-order valence-corrected chi connectivity index (χ1v) is 8.98. The van der Waals surface area contributed by atoms with Crippen LogP contribution in [0.15, 0.2) is 53.9 Å². The molecule has 1 aliphatic heterocycles. The van der Waals surface area contributed by atoms with E-state index < -0.39 is 0 Å². The quantitative estimate of drug-likeness (QED) is 0.731. The van der Waals surface area contributed by atoms with Gasteiger partial charge < -0.3 is 9.64 Å². The maximum absolute atomic E-state index is 12.3. The standard InChI is InChI=1S/C19H18N2O2S/c22-19(12-16-5-3-11-24-16)21-10-9-15(13-21)23-18-8-7-14-4-1-2-6-17(14)20-18/h1-8,11,15H,9-10,12-13H2. The van der Waals surface area contributed by atoms with Crippen molar-refractivity contribution in [3.8, 4) is 5.88 Å². The highest BCUT2D eigenvalue weighted by molar-refractivity contribution is 7.10. The fourth-order valence-electron chi connectivity index (χ4n) is 3.01. The Balaban J connectivity index is 1.38. The number of hydrogen-bond donors (Lipinski definition) is 0. The second-order valence-corrected chi connectivity index (χ2v) is 7.00. The second kappa shape index (κ2) is 6.61. The van der Waals surface area contributed by atoms with Gasteiger partial charge in [0.1, 0.15) is 6.10 Å². The zero-order chi connectivity index (χ0) is 16.4. The van der Waals surface area contributed by atoms with Gasteiger partial charge in [-0.05, 0) is 23.6 Å². The third kappa shape index (κ3) is 3.26. The van der Waals surface area contributed by atoms with E-state index >= 15 is 0 Å². The zero-order valence-corrected chi connectivity index (χ0v) is 14.0. The van der Waals surface area contributed by atoms with Gasteiger partial charge in [0.25, 0.3) is 0 Å². The summed E-state index contributed by atoms with van der Waals surface area (Å²) in [5.41, 5.74) is 0.929. The number of nitrogens with zero attached hydrogens (tertiary/aromatic N) is 2. The van der Waals surface area contributed by atoms with E-state index in [1.165, 1.54) is 0 Å². The van der Waals surface area contributed by atoms with Gasteiger partial charge in [0, 0.05) is 29.3 Å². The first-order valence-electron chi connectivity index (χ1n) is 8.10. The lowest BCUT2D eigenvalue weighted by Gasteiger charge is -2.16. The molecular formula is C19H18N2O2S. The molecule has 3 heterocycles. The summed E-state index contributed by atoms with van der Waals surface area (Å²) in [6, 6.07) is 15.9. The van der Waals surface area contributed by atoms with E-state index in [2.05, 4.69) is 4.98 Å². The Morgan fingerprint density at radius 1 is 1.21 bits per heavy atom. The number of rotatable bonds is 4. The third-order valence-electron chi connectivity index (χ3n) is 4.26. The van der Waals surface area contributed by atoms with E-state index in [0.717, 1.165) is 28.7 Å². The van der Waals surface area contributed by atoms with Crippen molar-refractivity contribution in [2.24, 2.45) is 0 Å². The molecule has 1 saturated heterocycles. The smallest absolute Gasteiger partial charge is 0.227 e. The molecule has 0 radical (unpaired) electrons. The Labute approximate surface area is 144 Å². The Kier molecular flexibility index (Phi) is 4.17. The van der Waals surface area contributed by atoms with E-state index in [4.69, 9.17) is 4.74 Å². The van der Waals surface area contributed by atoms with Gasteiger partial charge in [0.2, 0.25) is 11.8 Å². The van der Waals surface area contributed by atoms with Crippen LogP contribution in [0.5, 0.6) is 5.88 Å². The summed E-state index contributed by atoms with van der Waals surface area (Å²) in [7, 11) is 0. The summed E-state index contributed by atoms with van der Waals surface area (Å²) < 4.78 is 6.00. The summed E-state index contributed by atoms with van der Waals surface area (Å²) in [4.78, 5) is 19.9. The molecule has 0 aliphatic carbocycles. The van der Waals surface area contributed by atoms with Crippen LogP contribution in [0.25, 0.3) is 10.9 Å². The topological polar surface area (TPSA) is 42.4 Å². The fraction of sp³-hybridized carbons (Fsp3) is 0.263. The predicted octanol–water partition coefficient (Wildman–Crippen LogP) is 3.52. The molecule has 1 unspecified atom stereocenters. The minimum absolute atomic E-state index is 0.0194. The Bertz CT molecular complexity index is 847. The summed E-state index contributed by atoms with van der Waals surface area (Å²) in [5, 5.41) is 3.10. The van der Waals surface area contributed by atoms with Crippen LogP contribution in [0.4, 0.5) is 0 Å². The molecule has 3 aromatic rings. The number of amides is 1. The van der Waals surface area contributed by atoms with E-state index in [9.17, 15) is 4.79 Å². The van der Waals surface area contributed by atoms with Crippen molar-refractivity contribution in [3.05, 3.63) is 58.8 Å². The van der Waals surface area contributed by atoms with Gasteiger partial charge in [0.15, 0.2) is 0 Å². The average Bonchev–Trinajstić information content (AvgIpc) is 3.27. The van der Waals surface area contributed by atoms with Gasteiger partial charge in [0.05, 0.1) is 18.5 Å². The highest BCUT2D eigenvalue weighted by atomic mass is 32.1. The van der Waals surface area contributed by atoms with Crippen LogP contribution in [0.1, 0.15) is 11.3 Å². The van der Waals surface area contributed by atoms with E-state index in [-0.39, 0.29) is 12.0 Å².